The molecular formula is C13H16N2O4S. The van der Waals surface area contributed by atoms with Gasteiger partial charge in [0.2, 0.25) is 15.0 Å². The lowest BCUT2D eigenvalue weighted by Gasteiger charge is -2.09. The van der Waals surface area contributed by atoms with Gasteiger partial charge >= 0.3 is 0 Å². The molecular weight excluding hydrogens is 280 g/mol. The van der Waals surface area contributed by atoms with Gasteiger partial charge in [0.05, 0.1) is 30.4 Å². The predicted molar refractivity (Wildman–Crippen MR) is 73.8 cm³/mol. The highest BCUT2D eigenvalue weighted by molar-refractivity contribution is 7.91. The molecule has 2 rings (SSSR count). The monoisotopic (exact) mass is 296 g/mol. The summed E-state index contributed by atoms with van der Waals surface area (Å²) in [5, 5.41) is 17.9. The Bertz CT molecular complexity index is 680. The third kappa shape index (κ3) is 2.90. The second kappa shape index (κ2) is 5.74. The van der Waals surface area contributed by atoms with Crippen molar-refractivity contribution >= 4 is 9.84 Å². The van der Waals surface area contributed by atoms with Crippen LogP contribution < -0.4 is 0 Å². The summed E-state index contributed by atoms with van der Waals surface area (Å²) in [6.07, 6.45) is 0.171. The molecule has 108 valence electrons. The minimum atomic E-state index is -3.75. The van der Waals surface area contributed by atoms with Crippen LogP contribution in [0.15, 0.2) is 41.7 Å². The van der Waals surface area contributed by atoms with E-state index >= 15 is 0 Å². The molecule has 2 N–H and O–H groups in total. The Morgan fingerprint density at radius 3 is 2.55 bits per heavy atom. The number of rotatable bonds is 5. The van der Waals surface area contributed by atoms with Crippen LogP contribution in [0.2, 0.25) is 0 Å². The van der Waals surface area contributed by atoms with E-state index in [1.54, 1.807) is 7.05 Å². The van der Waals surface area contributed by atoms with Gasteiger partial charge in [-0.05, 0) is 5.56 Å². The van der Waals surface area contributed by atoms with Crippen LogP contribution in [-0.2, 0) is 16.9 Å². The van der Waals surface area contributed by atoms with Crippen molar-refractivity contribution in [3.05, 3.63) is 36.5 Å². The zero-order chi connectivity index (χ0) is 14.8. The molecule has 2 aromatic rings. The van der Waals surface area contributed by atoms with E-state index in [0.29, 0.717) is 5.69 Å². The number of sulfone groups is 1. The largest absolute Gasteiger partial charge is 0.394 e. The summed E-state index contributed by atoms with van der Waals surface area (Å²) < 4.78 is 25.7. The van der Waals surface area contributed by atoms with E-state index in [0.717, 1.165) is 5.56 Å². The van der Waals surface area contributed by atoms with Gasteiger partial charge in [-0.15, -0.1) is 0 Å². The summed E-state index contributed by atoms with van der Waals surface area (Å²) in [4.78, 5) is 3.93. The molecule has 0 aliphatic rings. The maximum Gasteiger partial charge on any atom is 0.227 e. The van der Waals surface area contributed by atoms with Gasteiger partial charge in [0.15, 0.2) is 0 Å². The number of hydrogen-bond donors (Lipinski definition) is 2. The van der Waals surface area contributed by atoms with E-state index in [9.17, 15) is 13.5 Å². The molecule has 0 aliphatic carbocycles. The van der Waals surface area contributed by atoms with Crippen molar-refractivity contribution in [1.82, 2.24) is 9.55 Å². The Labute approximate surface area is 117 Å². The number of imidazole rings is 1. The zero-order valence-corrected chi connectivity index (χ0v) is 11.8. The lowest BCUT2D eigenvalue weighted by atomic mass is 10.2. The number of hydrogen-bond acceptors (Lipinski definition) is 5. The molecule has 7 heteroatoms. The first kappa shape index (κ1) is 14.7. The average Bonchev–Trinajstić information content (AvgIpc) is 2.82. The Hall–Kier alpha value is -1.70. The lowest BCUT2D eigenvalue weighted by Crippen LogP contribution is -2.26. The predicted octanol–water partition coefficient (Wildman–Crippen LogP) is 0.214. The van der Waals surface area contributed by atoms with Crippen molar-refractivity contribution in [2.24, 2.45) is 7.05 Å². The minimum absolute atomic E-state index is 0.121. The highest BCUT2D eigenvalue weighted by atomic mass is 32.2. The minimum Gasteiger partial charge on any atom is -0.394 e. The van der Waals surface area contributed by atoms with Crippen LogP contribution in [0.3, 0.4) is 0 Å². The maximum atomic E-state index is 12.1. The van der Waals surface area contributed by atoms with Crippen LogP contribution in [-0.4, -0.2) is 46.6 Å². The van der Waals surface area contributed by atoms with E-state index < -0.39 is 28.3 Å². The fourth-order valence-electron chi connectivity index (χ4n) is 1.94. The molecule has 1 aromatic carbocycles. The van der Waals surface area contributed by atoms with E-state index in [-0.39, 0.29) is 5.16 Å². The molecule has 0 unspecified atom stereocenters. The van der Waals surface area contributed by atoms with Crippen molar-refractivity contribution in [2.45, 2.75) is 11.3 Å². The summed E-state index contributed by atoms with van der Waals surface area (Å²) in [6, 6.07) is 9.29. The maximum absolute atomic E-state index is 12.1. The Balaban J connectivity index is 2.39. The molecule has 1 aromatic heterocycles. The smallest absolute Gasteiger partial charge is 0.227 e. The van der Waals surface area contributed by atoms with Crippen molar-refractivity contribution < 1.29 is 18.6 Å². The second-order valence-corrected chi connectivity index (χ2v) is 6.40. The standard InChI is InChI=1S/C13H16N2O4S/c1-15-12(10-5-3-2-4-6-10)7-14-13(15)20(18,19)9-11(17)8-16/h2-7,11,16-17H,8-9H2,1H3/t11-/m0/s1. The van der Waals surface area contributed by atoms with Crippen LogP contribution in [0, 0.1) is 0 Å². The van der Waals surface area contributed by atoms with Gasteiger partial charge in [0.25, 0.3) is 0 Å². The summed E-state index contributed by atoms with van der Waals surface area (Å²) in [5.41, 5.74) is 1.52. The summed E-state index contributed by atoms with van der Waals surface area (Å²) >= 11 is 0. The molecule has 1 atom stereocenters. The quantitative estimate of drug-likeness (QED) is 0.823. The van der Waals surface area contributed by atoms with Crippen molar-refractivity contribution in [3.63, 3.8) is 0 Å². The third-order valence-corrected chi connectivity index (χ3v) is 4.68. The van der Waals surface area contributed by atoms with Crippen LogP contribution >= 0.6 is 0 Å². The normalized spacial score (nSPS) is 13.3. The molecule has 0 amide bonds. The first-order valence-electron chi connectivity index (χ1n) is 6.04. The van der Waals surface area contributed by atoms with E-state index in [1.807, 2.05) is 30.3 Å². The Kier molecular flexibility index (Phi) is 4.22. The van der Waals surface area contributed by atoms with Gasteiger partial charge in [-0.3, -0.25) is 0 Å². The van der Waals surface area contributed by atoms with E-state index in [4.69, 9.17) is 5.11 Å². The number of aromatic nitrogens is 2. The molecule has 0 spiro atoms. The number of benzene rings is 1. The first-order chi connectivity index (χ1) is 9.45. The Morgan fingerprint density at radius 2 is 1.95 bits per heavy atom. The zero-order valence-electron chi connectivity index (χ0n) is 11.0. The molecule has 0 bridgehead atoms. The third-order valence-electron chi connectivity index (χ3n) is 2.92. The average molecular weight is 296 g/mol. The molecule has 20 heavy (non-hydrogen) atoms. The first-order valence-corrected chi connectivity index (χ1v) is 7.69. The van der Waals surface area contributed by atoms with Gasteiger partial charge in [-0.25, -0.2) is 13.4 Å². The van der Waals surface area contributed by atoms with Gasteiger partial charge in [0.1, 0.15) is 0 Å². The van der Waals surface area contributed by atoms with Gasteiger partial charge < -0.3 is 14.8 Å². The molecule has 0 fully saturated rings. The topological polar surface area (TPSA) is 92.4 Å². The molecule has 0 radical (unpaired) electrons. The van der Waals surface area contributed by atoms with Crippen molar-refractivity contribution in [2.75, 3.05) is 12.4 Å². The van der Waals surface area contributed by atoms with Crippen LogP contribution in [0.4, 0.5) is 0 Å². The van der Waals surface area contributed by atoms with Gasteiger partial charge in [0, 0.05) is 7.05 Å². The molecule has 0 saturated heterocycles. The highest BCUT2D eigenvalue weighted by Crippen LogP contribution is 2.22. The van der Waals surface area contributed by atoms with Gasteiger partial charge in [-0.1, -0.05) is 30.3 Å². The van der Waals surface area contributed by atoms with Crippen molar-refractivity contribution in [3.8, 4) is 11.3 Å². The van der Waals surface area contributed by atoms with Crippen LogP contribution in [0.1, 0.15) is 0 Å². The summed E-state index contributed by atoms with van der Waals surface area (Å²) in [5.74, 6) is -0.553. The molecule has 0 saturated carbocycles. The second-order valence-electron chi connectivity index (χ2n) is 4.47. The molecule has 6 nitrogen and oxygen atoms in total. The summed E-state index contributed by atoms with van der Waals surface area (Å²) in [6.45, 7) is -0.602. The number of aliphatic hydroxyl groups is 2. The lowest BCUT2D eigenvalue weighted by molar-refractivity contribution is 0.112. The van der Waals surface area contributed by atoms with Gasteiger partial charge in [-0.2, -0.15) is 0 Å². The molecule has 1 heterocycles. The Morgan fingerprint density at radius 1 is 1.30 bits per heavy atom. The number of nitrogens with zero attached hydrogens (tertiary/aromatic N) is 2. The fraction of sp³-hybridized carbons (Fsp3) is 0.308. The van der Waals surface area contributed by atoms with Crippen LogP contribution in [0.25, 0.3) is 11.3 Å². The van der Waals surface area contributed by atoms with E-state index in [2.05, 4.69) is 4.98 Å². The van der Waals surface area contributed by atoms with Crippen molar-refractivity contribution in [1.29, 1.82) is 0 Å². The molecule has 0 aliphatic heterocycles. The SMILES string of the molecule is Cn1c(-c2ccccc2)cnc1S(=O)(=O)C[C@@H](O)CO. The fourth-order valence-corrected chi connectivity index (χ4v) is 3.43. The number of aliphatic hydroxyl groups excluding tert-OH is 2. The van der Waals surface area contributed by atoms with Crippen LogP contribution in [0.5, 0.6) is 0 Å². The highest BCUT2D eigenvalue weighted by Gasteiger charge is 2.25. The van der Waals surface area contributed by atoms with E-state index in [1.165, 1.54) is 10.8 Å². The summed E-state index contributed by atoms with van der Waals surface area (Å²) in [7, 11) is -2.14.